The molecule has 1 atom stereocenters. The normalized spacial score (nSPS) is 14.2. The number of rotatable bonds is 6. The van der Waals surface area contributed by atoms with Gasteiger partial charge in [-0.05, 0) is 31.2 Å². The third kappa shape index (κ3) is 3.88. The van der Waals surface area contributed by atoms with Crippen molar-refractivity contribution >= 4 is 21.2 Å². The Hall–Kier alpha value is -2.39. The van der Waals surface area contributed by atoms with E-state index in [0.717, 1.165) is 12.3 Å². The second-order valence-corrected chi connectivity index (χ2v) is 7.30. The highest BCUT2D eigenvalue weighted by atomic mass is 32.2. The fourth-order valence-electron chi connectivity index (χ4n) is 2.02. The van der Waals surface area contributed by atoms with Gasteiger partial charge in [0.1, 0.15) is 16.3 Å². The highest BCUT2D eigenvalue weighted by molar-refractivity contribution is 7.90. The molecule has 2 N–H and O–H groups in total. The number of benzene rings is 1. The molecule has 0 aliphatic heterocycles. The highest BCUT2D eigenvalue weighted by Crippen LogP contribution is 2.28. The van der Waals surface area contributed by atoms with Crippen LogP contribution in [0.25, 0.3) is 0 Å². The van der Waals surface area contributed by atoms with Gasteiger partial charge in [-0.2, -0.15) is 0 Å². The second kappa shape index (κ2) is 6.01. The molecule has 0 aliphatic rings. The van der Waals surface area contributed by atoms with E-state index in [4.69, 9.17) is 4.42 Å². The zero-order valence-corrected chi connectivity index (χ0v) is 13.3. The maximum absolute atomic E-state index is 11.7. The van der Waals surface area contributed by atoms with Crippen LogP contribution in [0.1, 0.15) is 12.7 Å². The summed E-state index contributed by atoms with van der Waals surface area (Å²) in [7, 11) is -3.76. The predicted octanol–water partition coefficient (Wildman–Crippen LogP) is 1.91. The van der Waals surface area contributed by atoms with Gasteiger partial charge in [-0.3, -0.25) is 10.1 Å². The average molecular weight is 340 g/mol. The first-order valence-corrected chi connectivity index (χ1v) is 8.49. The lowest BCUT2D eigenvalue weighted by Gasteiger charge is -2.22. The SMILES string of the molecule is CC(O)(CNc1ccc([N+](=O)[O-])c(S(C)(=O)=O)c1)c1ccco1. The number of furan rings is 1. The molecule has 124 valence electrons. The van der Waals surface area contributed by atoms with Crippen LogP contribution in [-0.2, 0) is 15.4 Å². The minimum atomic E-state index is -3.76. The van der Waals surface area contributed by atoms with Crippen LogP contribution in [0.5, 0.6) is 0 Å². The van der Waals surface area contributed by atoms with Crippen molar-refractivity contribution in [3.8, 4) is 0 Å². The molecular weight excluding hydrogens is 324 g/mol. The summed E-state index contributed by atoms with van der Waals surface area (Å²) >= 11 is 0. The minimum Gasteiger partial charge on any atom is -0.466 e. The number of hydrogen-bond acceptors (Lipinski definition) is 7. The van der Waals surface area contributed by atoms with E-state index in [-0.39, 0.29) is 11.4 Å². The van der Waals surface area contributed by atoms with Crippen LogP contribution in [0.15, 0.2) is 45.9 Å². The van der Waals surface area contributed by atoms with Crippen LogP contribution in [-0.4, -0.2) is 31.2 Å². The van der Waals surface area contributed by atoms with Crippen LogP contribution in [0, 0.1) is 10.1 Å². The fraction of sp³-hybridized carbons (Fsp3) is 0.286. The Morgan fingerprint density at radius 2 is 2.09 bits per heavy atom. The molecule has 1 unspecified atom stereocenters. The number of nitrogens with one attached hydrogen (secondary N) is 1. The first-order valence-electron chi connectivity index (χ1n) is 6.60. The van der Waals surface area contributed by atoms with E-state index in [1.54, 1.807) is 12.1 Å². The van der Waals surface area contributed by atoms with Crippen molar-refractivity contribution in [1.82, 2.24) is 0 Å². The van der Waals surface area contributed by atoms with Crippen LogP contribution < -0.4 is 5.32 Å². The maximum Gasteiger partial charge on any atom is 0.288 e. The Bertz CT molecular complexity index is 812. The molecule has 0 radical (unpaired) electrons. The minimum absolute atomic E-state index is 0.0293. The lowest BCUT2D eigenvalue weighted by Crippen LogP contribution is -2.30. The van der Waals surface area contributed by atoms with Crippen LogP contribution in [0.2, 0.25) is 0 Å². The standard InChI is InChI=1S/C14H16N2O6S/c1-14(17,13-4-3-7-22-13)9-15-10-5-6-11(16(18)19)12(8-10)23(2,20)21/h3-8,15,17H,9H2,1-2H3. The molecule has 1 heterocycles. The van der Waals surface area contributed by atoms with Crippen molar-refractivity contribution in [3.05, 3.63) is 52.5 Å². The highest BCUT2D eigenvalue weighted by Gasteiger charge is 2.27. The largest absolute Gasteiger partial charge is 0.466 e. The Morgan fingerprint density at radius 1 is 1.39 bits per heavy atom. The first-order chi connectivity index (χ1) is 10.6. The number of aliphatic hydroxyl groups is 1. The summed E-state index contributed by atoms with van der Waals surface area (Å²) in [6.45, 7) is 1.56. The van der Waals surface area contributed by atoms with Crippen molar-refractivity contribution in [2.24, 2.45) is 0 Å². The summed E-state index contributed by atoms with van der Waals surface area (Å²) in [5.74, 6) is 0.343. The summed E-state index contributed by atoms with van der Waals surface area (Å²) in [5.41, 5.74) is -1.48. The van der Waals surface area contributed by atoms with Gasteiger partial charge in [0.25, 0.3) is 5.69 Å². The molecule has 0 aliphatic carbocycles. The average Bonchev–Trinajstić information content (AvgIpc) is 2.99. The van der Waals surface area contributed by atoms with Gasteiger partial charge in [-0.25, -0.2) is 8.42 Å². The third-order valence-corrected chi connectivity index (χ3v) is 4.37. The first kappa shape index (κ1) is 17.0. The molecule has 2 rings (SSSR count). The Balaban J connectivity index is 2.27. The summed E-state index contributed by atoms with van der Waals surface area (Å²) in [4.78, 5) is 9.79. The van der Waals surface area contributed by atoms with Crippen molar-refractivity contribution in [1.29, 1.82) is 0 Å². The molecule has 9 heteroatoms. The number of nitro groups is 1. The zero-order chi connectivity index (χ0) is 17.3. The van der Waals surface area contributed by atoms with E-state index < -0.39 is 26.0 Å². The fourth-order valence-corrected chi connectivity index (χ4v) is 2.88. The lowest BCUT2D eigenvalue weighted by molar-refractivity contribution is -0.387. The van der Waals surface area contributed by atoms with Crippen LogP contribution in [0.4, 0.5) is 11.4 Å². The maximum atomic E-state index is 11.7. The quantitative estimate of drug-likeness (QED) is 0.608. The zero-order valence-electron chi connectivity index (χ0n) is 12.5. The topological polar surface area (TPSA) is 123 Å². The van der Waals surface area contributed by atoms with Gasteiger partial charge >= 0.3 is 0 Å². The van der Waals surface area contributed by atoms with E-state index in [1.807, 2.05) is 0 Å². The number of hydrogen-bond donors (Lipinski definition) is 2. The summed E-state index contributed by atoms with van der Waals surface area (Å²) < 4.78 is 28.5. The number of anilines is 1. The van der Waals surface area contributed by atoms with Gasteiger partial charge < -0.3 is 14.8 Å². The molecule has 0 saturated heterocycles. The molecule has 0 amide bonds. The third-order valence-electron chi connectivity index (χ3n) is 3.24. The summed E-state index contributed by atoms with van der Waals surface area (Å²) in [5, 5.41) is 24.1. The van der Waals surface area contributed by atoms with E-state index in [0.29, 0.717) is 11.4 Å². The second-order valence-electron chi connectivity index (χ2n) is 5.32. The molecular formula is C14H16N2O6S. The number of sulfone groups is 1. The van der Waals surface area contributed by atoms with E-state index in [9.17, 15) is 23.6 Å². The predicted molar refractivity (Wildman–Crippen MR) is 83.0 cm³/mol. The molecule has 1 aromatic carbocycles. The van der Waals surface area contributed by atoms with Crippen molar-refractivity contribution in [2.45, 2.75) is 17.4 Å². The van der Waals surface area contributed by atoms with Gasteiger partial charge in [-0.15, -0.1) is 0 Å². The van der Waals surface area contributed by atoms with Crippen LogP contribution >= 0.6 is 0 Å². The van der Waals surface area contributed by atoms with Crippen molar-refractivity contribution < 1.29 is 22.9 Å². The van der Waals surface area contributed by atoms with Crippen molar-refractivity contribution in [3.63, 3.8) is 0 Å². The van der Waals surface area contributed by atoms with Gasteiger partial charge in [0.2, 0.25) is 0 Å². The Kier molecular flexibility index (Phi) is 4.44. The molecule has 0 bridgehead atoms. The van der Waals surface area contributed by atoms with Gasteiger partial charge in [-0.1, -0.05) is 0 Å². The van der Waals surface area contributed by atoms with E-state index >= 15 is 0 Å². The molecule has 23 heavy (non-hydrogen) atoms. The van der Waals surface area contributed by atoms with E-state index in [2.05, 4.69) is 5.32 Å². The molecule has 1 aromatic heterocycles. The summed E-state index contributed by atoms with van der Waals surface area (Å²) in [6.07, 6.45) is 2.33. The Labute approximate surface area is 132 Å². The summed E-state index contributed by atoms with van der Waals surface area (Å²) in [6, 6.07) is 6.91. The molecule has 2 aromatic rings. The lowest BCUT2D eigenvalue weighted by atomic mass is 10.0. The van der Waals surface area contributed by atoms with Crippen molar-refractivity contribution in [2.75, 3.05) is 18.1 Å². The molecule has 0 spiro atoms. The van der Waals surface area contributed by atoms with Gasteiger partial charge in [0.05, 0.1) is 17.7 Å². The number of nitro benzene ring substituents is 1. The molecule has 0 saturated carbocycles. The van der Waals surface area contributed by atoms with Crippen LogP contribution in [0.3, 0.4) is 0 Å². The molecule has 0 fully saturated rings. The smallest absolute Gasteiger partial charge is 0.288 e. The Morgan fingerprint density at radius 3 is 2.61 bits per heavy atom. The molecule has 8 nitrogen and oxygen atoms in total. The monoisotopic (exact) mass is 340 g/mol. The van der Waals surface area contributed by atoms with E-state index in [1.165, 1.54) is 25.3 Å². The van der Waals surface area contributed by atoms with Gasteiger partial charge in [0, 0.05) is 18.0 Å². The van der Waals surface area contributed by atoms with Gasteiger partial charge in [0.15, 0.2) is 9.84 Å². The number of nitrogens with zero attached hydrogens (tertiary/aromatic N) is 1.